The Bertz CT molecular complexity index is 674. The number of carbonyl (C=O) groups is 1. The van der Waals surface area contributed by atoms with Gasteiger partial charge in [-0.05, 0) is 48.9 Å². The predicted molar refractivity (Wildman–Crippen MR) is 74.8 cm³/mol. The zero-order valence-corrected chi connectivity index (χ0v) is 11.2. The Balaban J connectivity index is 1.53. The van der Waals surface area contributed by atoms with Crippen LogP contribution < -0.4 is 0 Å². The zero-order chi connectivity index (χ0) is 13.7. The molecule has 0 bridgehead atoms. The number of benzene rings is 1. The molecule has 2 fully saturated rings. The van der Waals surface area contributed by atoms with Crippen molar-refractivity contribution in [2.45, 2.75) is 31.7 Å². The normalized spacial score (nSPS) is 22.1. The first kappa shape index (κ1) is 11.9. The molecule has 20 heavy (non-hydrogen) atoms. The van der Waals surface area contributed by atoms with Gasteiger partial charge in [0.25, 0.3) is 0 Å². The molecule has 104 valence electrons. The van der Waals surface area contributed by atoms with Gasteiger partial charge in [0.2, 0.25) is 5.91 Å². The number of hydrogen-bond donors (Lipinski definition) is 1. The molecule has 1 aliphatic heterocycles. The SMILES string of the molecule is O=C(Cc1c[nH]c2cc(F)ccc12)N1CCC1C1CC1. The smallest absolute Gasteiger partial charge is 0.227 e. The van der Waals surface area contributed by atoms with E-state index in [4.69, 9.17) is 0 Å². The van der Waals surface area contributed by atoms with Gasteiger partial charge in [-0.25, -0.2) is 4.39 Å². The van der Waals surface area contributed by atoms with Gasteiger partial charge >= 0.3 is 0 Å². The molecule has 3 nitrogen and oxygen atoms in total. The molecular formula is C16H17FN2O. The Hall–Kier alpha value is -1.84. The molecule has 1 aromatic heterocycles. The largest absolute Gasteiger partial charge is 0.361 e. The summed E-state index contributed by atoms with van der Waals surface area (Å²) in [6.45, 7) is 0.900. The Kier molecular flexibility index (Phi) is 2.59. The van der Waals surface area contributed by atoms with Gasteiger partial charge in [0.15, 0.2) is 0 Å². The lowest BCUT2D eigenvalue weighted by Gasteiger charge is -2.41. The van der Waals surface area contributed by atoms with Crippen molar-refractivity contribution in [3.63, 3.8) is 0 Å². The molecule has 1 aromatic carbocycles. The quantitative estimate of drug-likeness (QED) is 0.916. The number of rotatable bonds is 3. The second kappa shape index (κ2) is 4.33. The number of aromatic nitrogens is 1. The molecule has 0 spiro atoms. The summed E-state index contributed by atoms with van der Waals surface area (Å²) in [6.07, 6.45) is 5.96. The van der Waals surface area contributed by atoms with E-state index in [9.17, 15) is 9.18 Å². The first-order chi connectivity index (χ1) is 9.72. The fourth-order valence-electron chi connectivity index (χ4n) is 3.26. The topological polar surface area (TPSA) is 36.1 Å². The third-order valence-electron chi connectivity index (χ3n) is 4.62. The summed E-state index contributed by atoms with van der Waals surface area (Å²) < 4.78 is 13.2. The summed E-state index contributed by atoms with van der Waals surface area (Å²) in [7, 11) is 0. The number of fused-ring (bicyclic) bond motifs is 1. The molecule has 1 saturated carbocycles. The van der Waals surface area contributed by atoms with E-state index in [1.165, 1.54) is 25.0 Å². The van der Waals surface area contributed by atoms with Crippen LogP contribution in [0, 0.1) is 11.7 Å². The van der Waals surface area contributed by atoms with Crippen LogP contribution in [0.4, 0.5) is 4.39 Å². The van der Waals surface area contributed by atoms with Crippen LogP contribution in [0.25, 0.3) is 10.9 Å². The second-order valence-electron chi connectivity index (χ2n) is 5.96. The maximum absolute atomic E-state index is 13.2. The average Bonchev–Trinajstić information content (AvgIpc) is 3.11. The average molecular weight is 272 g/mol. The van der Waals surface area contributed by atoms with Crippen molar-refractivity contribution >= 4 is 16.8 Å². The van der Waals surface area contributed by atoms with Crippen LogP contribution in [0.1, 0.15) is 24.8 Å². The van der Waals surface area contributed by atoms with Crippen LogP contribution in [0.5, 0.6) is 0 Å². The van der Waals surface area contributed by atoms with Crippen molar-refractivity contribution in [3.05, 3.63) is 35.8 Å². The Labute approximate surface area is 116 Å². The highest BCUT2D eigenvalue weighted by molar-refractivity contribution is 5.89. The molecule has 4 heteroatoms. The summed E-state index contributed by atoms with van der Waals surface area (Å²) in [4.78, 5) is 17.5. The molecule has 2 aliphatic rings. The maximum Gasteiger partial charge on any atom is 0.227 e. The van der Waals surface area contributed by atoms with Gasteiger partial charge in [-0.15, -0.1) is 0 Å². The van der Waals surface area contributed by atoms with Gasteiger partial charge in [0.05, 0.1) is 6.42 Å². The van der Waals surface area contributed by atoms with Gasteiger partial charge in [-0.1, -0.05) is 0 Å². The van der Waals surface area contributed by atoms with Gasteiger partial charge in [-0.3, -0.25) is 4.79 Å². The minimum absolute atomic E-state index is 0.207. The Morgan fingerprint density at radius 1 is 1.35 bits per heavy atom. The molecule has 1 N–H and O–H groups in total. The Morgan fingerprint density at radius 2 is 2.20 bits per heavy atom. The molecule has 1 unspecified atom stereocenters. The molecule has 2 heterocycles. The Morgan fingerprint density at radius 3 is 2.90 bits per heavy atom. The number of nitrogens with zero attached hydrogens (tertiary/aromatic N) is 1. The van der Waals surface area contributed by atoms with Crippen molar-refractivity contribution < 1.29 is 9.18 Å². The number of aromatic amines is 1. The highest BCUT2D eigenvalue weighted by Gasteiger charge is 2.42. The van der Waals surface area contributed by atoms with Crippen molar-refractivity contribution in [1.82, 2.24) is 9.88 Å². The van der Waals surface area contributed by atoms with Crippen LogP contribution in [0.3, 0.4) is 0 Å². The van der Waals surface area contributed by atoms with Crippen LogP contribution in [0.2, 0.25) is 0 Å². The number of nitrogens with one attached hydrogen (secondary N) is 1. The highest BCUT2D eigenvalue weighted by Crippen LogP contribution is 2.41. The summed E-state index contributed by atoms with van der Waals surface area (Å²) in [6, 6.07) is 5.16. The van der Waals surface area contributed by atoms with Crippen molar-refractivity contribution in [3.8, 4) is 0 Å². The number of likely N-dealkylation sites (tertiary alicyclic amines) is 1. The first-order valence-electron chi connectivity index (χ1n) is 7.27. The number of carbonyl (C=O) groups excluding carboxylic acids is 1. The van der Waals surface area contributed by atoms with Gasteiger partial charge in [0.1, 0.15) is 5.82 Å². The molecule has 0 radical (unpaired) electrons. The zero-order valence-electron chi connectivity index (χ0n) is 11.2. The number of H-pyrrole nitrogens is 1. The number of halogens is 1. The van der Waals surface area contributed by atoms with E-state index in [-0.39, 0.29) is 11.7 Å². The fourth-order valence-corrected chi connectivity index (χ4v) is 3.26. The van der Waals surface area contributed by atoms with Crippen molar-refractivity contribution in [2.75, 3.05) is 6.54 Å². The third kappa shape index (κ3) is 1.90. The van der Waals surface area contributed by atoms with E-state index in [1.807, 2.05) is 11.1 Å². The van der Waals surface area contributed by atoms with E-state index >= 15 is 0 Å². The third-order valence-corrected chi connectivity index (χ3v) is 4.62. The molecular weight excluding hydrogens is 255 g/mol. The van der Waals surface area contributed by atoms with E-state index in [2.05, 4.69) is 4.98 Å². The minimum Gasteiger partial charge on any atom is -0.361 e. The van der Waals surface area contributed by atoms with Crippen LogP contribution in [0.15, 0.2) is 24.4 Å². The lowest BCUT2D eigenvalue weighted by atomic mass is 9.96. The number of amides is 1. The van der Waals surface area contributed by atoms with Crippen molar-refractivity contribution in [2.24, 2.45) is 5.92 Å². The van der Waals surface area contributed by atoms with E-state index in [1.54, 1.807) is 6.07 Å². The van der Waals surface area contributed by atoms with Gasteiger partial charge in [0, 0.05) is 29.7 Å². The molecule has 4 rings (SSSR count). The standard InChI is InChI=1S/C16H17FN2O/c17-12-3-4-13-11(9-18-14(13)8-12)7-16(20)19-6-5-15(19)10-1-2-10/h3-4,8-10,15,18H,1-2,5-7H2. The highest BCUT2D eigenvalue weighted by atomic mass is 19.1. The molecule has 2 aromatic rings. The minimum atomic E-state index is -0.256. The maximum atomic E-state index is 13.2. The molecule has 1 aliphatic carbocycles. The van der Waals surface area contributed by atoms with E-state index in [0.717, 1.165) is 35.3 Å². The first-order valence-corrected chi connectivity index (χ1v) is 7.27. The fraction of sp³-hybridized carbons (Fsp3) is 0.438. The molecule has 1 amide bonds. The van der Waals surface area contributed by atoms with Crippen molar-refractivity contribution in [1.29, 1.82) is 0 Å². The van der Waals surface area contributed by atoms with Gasteiger partial charge < -0.3 is 9.88 Å². The molecule has 1 saturated heterocycles. The second-order valence-corrected chi connectivity index (χ2v) is 5.96. The van der Waals surface area contributed by atoms with Gasteiger partial charge in [-0.2, -0.15) is 0 Å². The lowest BCUT2D eigenvalue weighted by Crippen LogP contribution is -2.52. The monoisotopic (exact) mass is 272 g/mol. The lowest BCUT2D eigenvalue weighted by molar-refractivity contribution is -0.138. The summed E-state index contributed by atoms with van der Waals surface area (Å²) >= 11 is 0. The summed E-state index contributed by atoms with van der Waals surface area (Å²) in [5.41, 5.74) is 1.72. The summed E-state index contributed by atoms with van der Waals surface area (Å²) in [5, 5.41) is 0.947. The summed E-state index contributed by atoms with van der Waals surface area (Å²) in [5.74, 6) is 0.705. The van der Waals surface area contributed by atoms with Crippen LogP contribution >= 0.6 is 0 Å². The van der Waals surface area contributed by atoms with Crippen LogP contribution in [-0.4, -0.2) is 28.4 Å². The van der Waals surface area contributed by atoms with Crippen LogP contribution in [-0.2, 0) is 11.2 Å². The molecule has 1 atom stereocenters. The van der Waals surface area contributed by atoms with E-state index in [0.29, 0.717) is 12.5 Å². The predicted octanol–water partition coefficient (Wildman–Crippen LogP) is 2.86. The van der Waals surface area contributed by atoms with E-state index < -0.39 is 0 Å². The number of hydrogen-bond acceptors (Lipinski definition) is 1.